The van der Waals surface area contributed by atoms with Gasteiger partial charge in [-0.1, -0.05) is 79.7 Å². The highest BCUT2D eigenvalue weighted by molar-refractivity contribution is 5.98. The number of likely N-dealkylation sites (N-methyl/N-ethyl adjacent to an activating group) is 1. The van der Waals surface area contributed by atoms with Gasteiger partial charge < -0.3 is 29.0 Å². The van der Waals surface area contributed by atoms with Crippen LogP contribution in [0.5, 0.6) is 5.75 Å². The molecule has 3 rings (SSSR count). The van der Waals surface area contributed by atoms with Gasteiger partial charge in [0.15, 0.2) is 0 Å². The summed E-state index contributed by atoms with van der Waals surface area (Å²) in [6.07, 6.45) is 1.22. The molecule has 0 saturated carbocycles. The van der Waals surface area contributed by atoms with Crippen molar-refractivity contribution < 1.29 is 28.8 Å². The Morgan fingerprint density at radius 1 is 0.683 bits per heavy atom. The minimum Gasteiger partial charge on any atom is -0.492 e. The molecule has 0 aliphatic heterocycles. The number of rotatable bonds is 19. The first-order valence-corrected chi connectivity index (χ1v) is 14.3. The molecule has 7 heteroatoms. The van der Waals surface area contributed by atoms with E-state index in [1.807, 2.05) is 24.3 Å². The maximum Gasteiger partial charge on any atom is 0.224 e. The highest BCUT2D eigenvalue weighted by Crippen LogP contribution is 2.34. The lowest BCUT2D eigenvalue weighted by Gasteiger charge is -2.18. The van der Waals surface area contributed by atoms with Crippen molar-refractivity contribution in [2.45, 2.75) is 19.8 Å². The van der Waals surface area contributed by atoms with E-state index in [4.69, 9.17) is 24.1 Å². The first-order chi connectivity index (χ1) is 20.1. The van der Waals surface area contributed by atoms with Crippen LogP contribution in [0.2, 0.25) is 0 Å². The van der Waals surface area contributed by atoms with Crippen molar-refractivity contribution in [1.29, 1.82) is 0 Å². The summed E-state index contributed by atoms with van der Waals surface area (Å²) >= 11 is 0. The number of allylic oxidation sites excluding steroid dienone is 1. The number of aliphatic hydroxyl groups is 1. The van der Waals surface area contributed by atoms with Crippen LogP contribution in [0.4, 0.5) is 0 Å². The smallest absolute Gasteiger partial charge is 0.224 e. The molecule has 0 aliphatic rings. The van der Waals surface area contributed by atoms with Crippen LogP contribution >= 0.6 is 0 Å². The molecule has 0 unspecified atom stereocenters. The van der Waals surface area contributed by atoms with Gasteiger partial charge in [0.05, 0.1) is 59.2 Å². The van der Waals surface area contributed by atoms with Crippen LogP contribution in [-0.4, -0.2) is 82.4 Å². The Hall–Kier alpha value is -3.49. The number of amides is 1. The highest BCUT2D eigenvalue weighted by Gasteiger charge is 2.13. The van der Waals surface area contributed by atoms with E-state index in [9.17, 15) is 4.79 Å². The zero-order valence-corrected chi connectivity index (χ0v) is 24.3. The maximum absolute atomic E-state index is 12.4. The summed E-state index contributed by atoms with van der Waals surface area (Å²) in [6.45, 7) is 5.50. The lowest BCUT2D eigenvalue weighted by atomic mass is 9.88. The number of ether oxygens (including phenoxy) is 4. The summed E-state index contributed by atoms with van der Waals surface area (Å²) in [4.78, 5) is 14.1. The van der Waals surface area contributed by atoms with Crippen molar-refractivity contribution in [2.75, 3.05) is 66.4 Å². The van der Waals surface area contributed by atoms with Crippen LogP contribution in [0.3, 0.4) is 0 Å². The summed E-state index contributed by atoms with van der Waals surface area (Å²) in [6, 6.07) is 29.2. The molecule has 0 atom stereocenters. The predicted octanol–water partition coefficient (Wildman–Crippen LogP) is 5.33. The van der Waals surface area contributed by atoms with Crippen molar-refractivity contribution in [2.24, 2.45) is 0 Å². The Labute approximate surface area is 244 Å². The van der Waals surface area contributed by atoms with Crippen molar-refractivity contribution in [3.63, 3.8) is 0 Å². The second-order valence-corrected chi connectivity index (χ2v) is 9.44. The molecule has 0 fully saturated rings. The van der Waals surface area contributed by atoms with Crippen molar-refractivity contribution in [1.82, 2.24) is 4.90 Å². The van der Waals surface area contributed by atoms with Crippen LogP contribution in [0.15, 0.2) is 84.9 Å². The van der Waals surface area contributed by atoms with Gasteiger partial charge in [-0.15, -0.1) is 0 Å². The van der Waals surface area contributed by atoms with E-state index < -0.39 is 0 Å². The molecule has 1 N–H and O–H groups in total. The van der Waals surface area contributed by atoms with Crippen LogP contribution in [-0.2, 0) is 19.0 Å². The van der Waals surface area contributed by atoms with Gasteiger partial charge in [-0.25, -0.2) is 0 Å². The Morgan fingerprint density at radius 3 is 1.80 bits per heavy atom. The number of benzene rings is 3. The van der Waals surface area contributed by atoms with Gasteiger partial charge in [0, 0.05) is 7.05 Å². The third-order valence-electron chi connectivity index (χ3n) is 6.54. The van der Waals surface area contributed by atoms with E-state index in [1.54, 1.807) is 11.9 Å². The molecule has 0 heterocycles. The first-order valence-electron chi connectivity index (χ1n) is 14.3. The Kier molecular flexibility index (Phi) is 14.7. The van der Waals surface area contributed by atoms with Crippen molar-refractivity contribution in [3.8, 4) is 5.75 Å². The summed E-state index contributed by atoms with van der Waals surface area (Å²) in [5.41, 5.74) is 6.06. The molecule has 41 heavy (non-hydrogen) atoms. The molecule has 7 nitrogen and oxygen atoms in total. The topological polar surface area (TPSA) is 77.5 Å². The standard InChI is InChI=1S/C34H43NO6/c1-3-32(28-10-6-4-7-11-28)34(29-12-8-5-9-13-29)30-14-16-31(17-15-30)41-22-19-35(2)33(37)18-21-38-24-26-40-27-25-39-23-20-36/h4-17,36H,3,18-27H2,1-2H3/b34-32-. The van der Waals surface area contributed by atoms with Gasteiger partial charge >= 0.3 is 0 Å². The van der Waals surface area contributed by atoms with Gasteiger partial charge in [-0.05, 0) is 46.4 Å². The summed E-state index contributed by atoms with van der Waals surface area (Å²) in [5.74, 6) is 0.776. The summed E-state index contributed by atoms with van der Waals surface area (Å²) in [7, 11) is 1.77. The van der Waals surface area contributed by atoms with Crippen molar-refractivity contribution >= 4 is 17.1 Å². The highest BCUT2D eigenvalue weighted by atomic mass is 16.5. The molecule has 0 radical (unpaired) electrons. The van der Waals surface area contributed by atoms with Gasteiger partial charge in [-0.3, -0.25) is 4.79 Å². The van der Waals surface area contributed by atoms with Crippen LogP contribution in [0.25, 0.3) is 11.1 Å². The number of hydrogen-bond acceptors (Lipinski definition) is 6. The van der Waals surface area contributed by atoms with Gasteiger partial charge in [0.25, 0.3) is 0 Å². The van der Waals surface area contributed by atoms with Crippen LogP contribution in [0, 0.1) is 0 Å². The summed E-state index contributed by atoms with van der Waals surface area (Å²) < 4.78 is 21.9. The third kappa shape index (κ3) is 11.1. The lowest BCUT2D eigenvalue weighted by Crippen LogP contribution is -2.31. The fourth-order valence-corrected chi connectivity index (χ4v) is 4.38. The quantitative estimate of drug-likeness (QED) is 0.158. The van der Waals surface area contributed by atoms with E-state index in [-0.39, 0.29) is 12.5 Å². The maximum atomic E-state index is 12.4. The fraction of sp³-hybridized carbons (Fsp3) is 0.382. The minimum absolute atomic E-state index is 0.00733. The molecule has 0 aromatic heterocycles. The van der Waals surface area contributed by atoms with Gasteiger partial charge in [-0.2, -0.15) is 0 Å². The van der Waals surface area contributed by atoms with Crippen molar-refractivity contribution in [3.05, 3.63) is 102 Å². The predicted molar refractivity (Wildman–Crippen MR) is 163 cm³/mol. The number of aliphatic hydroxyl groups excluding tert-OH is 1. The SMILES string of the molecule is CC/C(=C(\c1ccccc1)c1ccc(OCCN(C)C(=O)CCOCCOCCOCCO)cc1)c1ccccc1. The van der Waals surface area contributed by atoms with Gasteiger partial charge in [0.2, 0.25) is 5.91 Å². The first kappa shape index (κ1) is 32.0. The normalized spacial score (nSPS) is 11.7. The zero-order valence-electron chi connectivity index (χ0n) is 24.3. The monoisotopic (exact) mass is 561 g/mol. The molecule has 3 aromatic carbocycles. The molecule has 0 aliphatic carbocycles. The Balaban J connectivity index is 1.46. The molecular formula is C34H43NO6. The van der Waals surface area contributed by atoms with E-state index >= 15 is 0 Å². The Morgan fingerprint density at radius 2 is 1.22 bits per heavy atom. The van der Waals surface area contributed by atoms with E-state index in [0.717, 1.165) is 17.7 Å². The molecule has 0 bridgehead atoms. The third-order valence-corrected chi connectivity index (χ3v) is 6.54. The second-order valence-electron chi connectivity index (χ2n) is 9.44. The minimum atomic E-state index is 0.00733. The average molecular weight is 562 g/mol. The molecular weight excluding hydrogens is 518 g/mol. The number of nitrogens with zero attached hydrogens (tertiary/aromatic N) is 1. The summed E-state index contributed by atoms with van der Waals surface area (Å²) in [5, 5.41) is 8.64. The van der Waals surface area contributed by atoms with Crippen LogP contribution < -0.4 is 4.74 Å². The molecule has 0 spiro atoms. The number of carbonyl (C=O) groups excluding carboxylic acids is 1. The molecule has 0 saturated heterocycles. The molecule has 3 aromatic rings. The van der Waals surface area contributed by atoms with E-state index in [2.05, 4.69) is 67.6 Å². The number of hydrogen-bond donors (Lipinski definition) is 1. The zero-order chi connectivity index (χ0) is 29.1. The van der Waals surface area contributed by atoms with Gasteiger partial charge in [0.1, 0.15) is 12.4 Å². The lowest BCUT2D eigenvalue weighted by molar-refractivity contribution is -0.131. The number of carbonyl (C=O) groups is 1. The molecule has 220 valence electrons. The molecule has 1 amide bonds. The second kappa shape index (κ2) is 18.8. The fourth-order valence-electron chi connectivity index (χ4n) is 4.38. The van der Waals surface area contributed by atoms with Crippen LogP contribution in [0.1, 0.15) is 36.5 Å². The Bertz CT molecular complexity index is 1160. The average Bonchev–Trinajstić information content (AvgIpc) is 3.02. The largest absolute Gasteiger partial charge is 0.492 e. The van der Waals surface area contributed by atoms with E-state index in [1.165, 1.54) is 22.3 Å². The van der Waals surface area contributed by atoms with E-state index in [0.29, 0.717) is 59.2 Å².